The van der Waals surface area contributed by atoms with Crippen molar-refractivity contribution in [3.8, 4) is 0 Å². The topological polar surface area (TPSA) is 64.7 Å². The van der Waals surface area contributed by atoms with Crippen LogP contribution in [0.5, 0.6) is 0 Å². The SMILES string of the molecule is CC(C)CNC(=O)N1CCN(C(=O)Nc2cccc(Cl)c2)CC1. The predicted octanol–water partition coefficient (Wildman–Crippen LogP) is 2.86. The van der Waals surface area contributed by atoms with Crippen LogP contribution in [0.2, 0.25) is 5.02 Å². The Labute approximate surface area is 141 Å². The minimum Gasteiger partial charge on any atom is -0.338 e. The Kier molecular flexibility index (Phi) is 6.10. The van der Waals surface area contributed by atoms with Gasteiger partial charge in [0.05, 0.1) is 0 Å². The van der Waals surface area contributed by atoms with Crippen LogP contribution in [0, 0.1) is 5.92 Å². The van der Waals surface area contributed by atoms with Gasteiger partial charge in [0, 0.05) is 43.4 Å². The molecule has 1 saturated heterocycles. The van der Waals surface area contributed by atoms with Crippen molar-refractivity contribution in [1.82, 2.24) is 15.1 Å². The Bertz CT molecular complexity index is 557. The maximum absolute atomic E-state index is 12.2. The Morgan fingerprint density at radius 2 is 1.74 bits per heavy atom. The molecule has 2 rings (SSSR count). The van der Waals surface area contributed by atoms with Crippen molar-refractivity contribution < 1.29 is 9.59 Å². The molecule has 0 bridgehead atoms. The standard InChI is InChI=1S/C16H23ClN4O2/c1-12(2)11-18-15(22)20-6-8-21(9-7-20)16(23)19-14-5-3-4-13(17)10-14/h3-5,10,12H,6-9,11H2,1-2H3,(H,18,22)(H,19,23). The fourth-order valence-electron chi connectivity index (χ4n) is 2.28. The van der Waals surface area contributed by atoms with Gasteiger partial charge in [-0.1, -0.05) is 31.5 Å². The van der Waals surface area contributed by atoms with Gasteiger partial charge in [-0.05, 0) is 24.1 Å². The number of piperazine rings is 1. The van der Waals surface area contributed by atoms with E-state index in [4.69, 9.17) is 11.6 Å². The second-order valence-electron chi connectivity index (χ2n) is 5.99. The Morgan fingerprint density at radius 3 is 2.30 bits per heavy atom. The third-order valence-electron chi connectivity index (χ3n) is 3.59. The summed E-state index contributed by atoms with van der Waals surface area (Å²) in [6.07, 6.45) is 0. The molecule has 0 aliphatic carbocycles. The van der Waals surface area contributed by atoms with Crippen LogP contribution < -0.4 is 10.6 Å². The molecule has 0 saturated carbocycles. The largest absolute Gasteiger partial charge is 0.338 e. The summed E-state index contributed by atoms with van der Waals surface area (Å²) in [5.74, 6) is 0.420. The fourth-order valence-corrected chi connectivity index (χ4v) is 2.47. The lowest BCUT2D eigenvalue weighted by Gasteiger charge is -2.34. The molecule has 126 valence electrons. The van der Waals surface area contributed by atoms with Gasteiger partial charge in [-0.3, -0.25) is 0 Å². The predicted molar refractivity (Wildman–Crippen MR) is 91.9 cm³/mol. The Balaban J connectivity index is 1.79. The molecule has 1 aromatic carbocycles. The van der Waals surface area contributed by atoms with E-state index in [1.54, 1.807) is 34.1 Å². The summed E-state index contributed by atoms with van der Waals surface area (Å²) in [6, 6.07) is 6.80. The molecule has 1 fully saturated rings. The first-order valence-electron chi connectivity index (χ1n) is 7.80. The number of benzene rings is 1. The Hall–Kier alpha value is -1.95. The van der Waals surface area contributed by atoms with Gasteiger partial charge in [-0.15, -0.1) is 0 Å². The van der Waals surface area contributed by atoms with E-state index in [0.717, 1.165) is 0 Å². The number of urea groups is 2. The molecule has 0 atom stereocenters. The van der Waals surface area contributed by atoms with Crippen molar-refractivity contribution in [2.45, 2.75) is 13.8 Å². The van der Waals surface area contributed by atoms with Gasteiger partial charge in [0.2, 0.25) is 0 Å². The number of hydrogen-bond donors (Lipinski definition) is 2. The van der Waals surface area contributed by atoms with Crippen molar-refractivity contribution >= 4 is 29.4 Å². The van der Waals surface area contributed by atoms with E-state index in [0.29, 0.717) is 49.4 Å². The van der Waals surface area contributed by atoms with Crippen LogP contribution >= 0.6 is 11.6 Å². The number of nitrogens with one attached hydrogen (secondary N) is 2. The second-order valence-corrected chi connectivity index (χ2v) is 6.43. The van der Waals surface area contributed by atoms with Crippen LogP contribution in [0.1, 0.15) is 13.8 Å². The van der Waals surface area contributed by atoms with E-state index in [1.165, 1.54) is 0 Å². The molecule has 6 nitrogen and oxygen atoms in total. The summed E-state index contributed by atoms with van der Waals surface area (Å²) in [6.45, 7) is 6.87. The van der Waals surface area contributed by atoms with Gasteiger partial charge in [0.25, 0.3) is 0 Å². The van der Waals surface area contributed by atoms with Gasteiger partial charge < -0.3 is 20.4 Å². The minimum atomic E-state index is -0.172. The molecule has 0 radical (unpaired) electrons. The highest BCUT2D eigenvalue weighted by molar-refractivity contribution is 6.30. The first-order valence-corrected chi connectivity index (χ1v) is 8.18. The molecular weight excluding hydrogens is 316 g/mol. The maximum atomic E-state index is 12.2. The van der Waals surface area contributed by atoms with Gasteiger partial charge in [-0.2, -0.15) is 0 Å². The summed E-state index contributed by atoms with van der Waals surface area (Å²) in [5.41, 5.74) is 0.666. The first kappa shape index (κ1) is 17.4. The van der Waals surface area contributed by atoms with Crippen molar-refractivity contribution in [3.05, 3.63) is 29.3 Å². The van der Waals surface area contributed by atoms with Gasteiger partial charge in [0.1, 0.15) is 0 Å². The molecule has 1 aliphatic heterocycles. The van der Waals surface area contributed by atoms with Crippen LogP contribution in [0.15, 0.2) is 24.3 Å². The number of rotatable bonds is 3. The van der Waals surface area contributed by atoms with E-state index in [1.807, 2.05) is 0 Å². The molecule has 0 aromatic heterocycles. The molecular formula is C16H23ClN4O2. The van der Waals surface area contributed by atoms with Crippen molar-refractivity contribution in [3.63, 3.8) is 0 Å². The molecule has 7 heteroatoms. The molecule has 2 N–H and O–H groups in total. The number of halogens is 1. The highest BCUT2D eigenvalue weighted by atomic mass is 35.5. The molecule has 1 aliphatic rings. The molecule has 0 spiro atoms. The summed E-state index contributed by atoms with van der Waals surface area (Å²) < 4.78 is 0. The zero-order chi connectivity index (χ0) is 16.8. The summed E-state index contributed by atoms with van der Waals surface area (Å²) in [4.78, 5) is 27.7. The number of hydrogen-bond acceptors (Lipinski definition) is 2. The van der Waals surface area contributed by atoms with Crippen molar-refractivity contribution in [2.75, 3.05) is 38.0 Å². The van der Waals surface area contributed by atoms with Crippen LogP contribution in [-0.4, -0.2) is 54.6 Å². The van der Waals surface area contributed by atoms with E-state index in [9.17, 15) is 9.59 Å². The quantitative estimate of drug-likeness (QED) is 0.890. The monoisotopic (exact) mass is 338 g/mol. The lowest BCUT2D eigenvalue weighted by atomic mass is 10.2. The average molecular weight is 339 g/mol. The van der Waals surface area contributed by atoms with Crippen molar-refractivity contribution in [2.24, 2.45) is 5.92 Å². The highest BCUT2D eigenvalue weighted by Gasteiger charge is 2.24. The maximum Gasteiger partial charge on any atom is 0.321 e. The van der Waals surface area contributed by atoms with Crippen LogP contribution in [0.3, 0.4) is 0 Å². The lowest BCUT2D eigenvalue weighted by molar-refractivity contribution is 0.148. The normalized spacial score (nSPS) is 14.8. The number of nitrogens with zero attached hydrogens (tertiary/aromatic N) is 2. The number of carbonyl (C=O) groups excluding carboxylic acids is 2. The molecule has 4 amide bonds. The van der Waals surface area contributed by atoms with E-state index < -0.39 is 0 Å². The minimum absolute atomic E-state index is 0.0615. The third-order valence-corrected chi connectivity index (χ3v) is 3.83. The molecule has 0 unspecified atom stereocenters. The third kappa shape index (κ3) is 5.32. The van der Waals surface area contributed by atoms with Crippen LogP contribution in [-0.2, 0) is 0 Å². The first-order chi connectivity index (χ1) is 11.0. The van der Waals surface area contributed by atoms with Crippen LogP contribution in [0.4, 0.5) is 15.3 Å². The van der Waals surface area contributed by atoms with Crippen LogP contribution in [0.25, 0.3) is 0 Å². The smallest absolute Gasteiger partial charge is 0.321 e. The molecule has 23 heavy (non-hydrogen) atoms. The Morgan fingerprint density at radius 1 is 1.13 bits per heavy atom. The highest BCUT2D eigenvalue weighted by Crippen LogP contribution is 2.15. The van der Waals surface area contributed by atoms with E-state index in [2.05, 4.69) is 24.5 Å². The average Bonchev–Trinajstić information content (AvgIpc) is 2.52. The number of anilines is 1. The summed E-state index contributed by atoms with van der Waals surface area (Å²) in [7, 11) is 0. The molecule has 1 heterocycles. The number of carbonyl (C=O) groups is 2. The zero-order valence-corrected chi connectivity index (χ0v) is 14.3. The number of amides is 4. The van der Waals surface area contributed by atoms with Gasteiger partial charge in [-0.25, -0.2) is 9.59 Å². The lowest BCUT2D eigenvalue weighted by Crippen LogP contribution is -2.54. The summed E-state index contributed by atoms with van der Waals surface area (Å²) >= 11 is 5.90. The second kappa shape index (κ2) is 8.06. The van der Waals surface area contributed by atoms with E-state index in [-0.39, 0.29) is 12.1 Å². The molecule has 1 aromatic rings. The van der Waals surface area contributed by atoms with Crippen molar-refractivity contribution in [1.29, 1.82) is 0 Å². The van der Waals surface area contributed by atoms with Gasteiger partial charge >= 0.3 is 12.1 Å². The van der Waals surface area contributed by atoms with E-state index >= 15 is 0 Å². The zero-order valence-electron chi connectivity index (χ0n) is 13.5. The fraction of sp³-hybridized carbons (Fsp3) is 0.500. The van der Waals surface area contributed by atoms with Gasteiger partial charge in [0.15, 0.2) is 0 Å². The summed E-state index contributed by atoms with van der Waals surface area (Å²) in [5, 5.41) is 6.29.